The van der Waals surface area contributed by atoms with Crippen LogP contribution < -0.4 is 4.84 Å². The van der Waals surface area contributed by atoms with Gasteiger partial charge in [-0.15, -0.1) is 0 Å². The molecule has 0 aromatic heterocycles. The molecular formula is C12H11NO3. The average Bonchev–Trinajstić information content (AvgIpc) is 2.49. The first kappa shape index (κ1) is 10.4. The van der Waals surface area contributed by atoms with Gasteiger partial charge in [0.05, 0.1) is 12.1 Å². The maximum Gasteiger partial charge on any atom is 0.303 e. The zero-order valence-electron chi connectivity index (χ0n) is 8.59. The molecule has 0 radical (unpaired) electrons. The zero-order valence-corrected chi connectivity index (χ0v) is 8.59. The van der Waals surface area contributed by atoms with E-state index in [0.717, 1.165) is 5.56 Å². The standard InChI is InChI=1S/C12H11NO3/c14-12(15)8-7-10-6-5-9-3-1-2-4-11(9)16-13-10/h1-6H,7-8H2,(H,14,15). The van der Waals surface area contributed by atoms with Crippen LogP contribution in [0.15, 0.2) is 35.5 Å². The quantitative estimate of drug-likeness (QED) is 0.845. The predicted octanol–water partition coefficient (Wildman–Crippen LogP) is 2.31. The van der Waals surface area contributed by atoms with E-state index in [1.54, 1.807) is 6.08 Å². The lowest BCUT2D eigenvalue weighted by Gasteiger charge is -2.00. The number of oxime groups is 1. The molecule has 2 rings (SSSR count). The maximum atomic E-state index is 10.4. The van der Waals surface area contributed by atoms with Crippen LogP contribution in [0.4, 0.5) is 0 Å². The smallest absolute Gasteiger partial charge is 0.303 e. The second-order valence-corrected chi connectivity index (χ2v) is 3.44. The van der Waals surface area contributed by atoms with Crippen LogP contribution in [0.25, 0.3) is 6.08 Å². The molecule has 0 saturated carbocycles. The number of hydrogen-bond donors (Lipinski definition) is 1. The lowest BCUT2D eigenvalue weighted by atomic mass is 10.1. The third kappa shape index (κ3) is 2.48. The van der Waals surface area contributed by atoms with E-state index in [1.807, 2.05) is 30.3 Å². The highest BCUT2D eigenvalue weighted by molar-refractivity contribution is 5.99. The largest absolute Gasteiger partial charge is 0.481 e. The van der Waals surface area contributed by atoms with Crippen molar-refractivity contribution in [3.8, 4) is 5.75 Å². The van der Waals surface area contributed by atoms with Crippen molar-refractivity contribution >= 4 is 17.8 Å². The Kier molecular flexibility index (Phi) is 3.00. The third-order valence-corrected chi connectivity index (χ3v) is 2.23. The molecule has 0 aliphatic carbocycles. The summed E-state index contributed by atoms with van der Waals surface area (Å²) in [6.45, 7) is 0. The lowest BCUT2D eigenvalue weighted by molar-refractivity contribution is -0.136. The third-order valence-electron chi connectivity index (χ3n) is 2.23. The highest BCUT2D eigenvalue weighted by atomic mass is 16.6. The molecule has 82 valence electrons. The van der Waals surface area contributed by atoms with Crippen LogP contribution >= 0.6 is 0 Å². The number of hydrogen-bond acceptors (Lipinski definition) is 3. The fourth-order valence-electron chi connectivity index (χ4n) is 1.39. The monoisotopic (exact) mass is 217 g/mol. The van der Waals surface area contributed by atoms with Crippen LogP contribution in [0, 0.1) is 0 Å². The first-order valence-corrected chi connectivity index (χ1v) is 4.98. The summed E-state index contributed by atoms with van der Waals surface area (Å²) in [5, 5.41) is 12.5. The second kappa shape index (κ2) is 4.61. The topological polar surface area (TPSA) is 58.9 Å². The number of para-hydroxylation sites is 1. The van der Waals surface area contributed by atoms with Crippen LogP contribution in [0.2, 0.25) is 0 Å². The second-order valence-electron chi connectivity index (χ2n) is 3.44. The van der Waals surface area contributed by atoms with Crippen molar-refractivity contribution in [2.24, 2.45) is 5.16 Å². The van der Waals surface area contributed by atoms with E-state index >= 15 is 0 Å². The van der Waals surface area contributed by atoms with Gasteiger partial charge in [-0.05, 0) is 18.2 Å². The molecule has 0 bridgehead atoms. The summed E-state index contributed by atoms with van der Waals surface area (Å²) in [4.78, 5) is 15.7. The highest BCUT2D eigenvalue weighted by Gasteiger charge is 2.07. The molecule has 1 aromatic carbocycles. The summed E-state index contributed by atoms with van der Waals surface area (Å²) in [6.07, 6.45) is 4.10. The van der Waals surface area contributed by atoms with Gasteiger partial charge in [0.25, 0.3) is 0 Å². The van der Waals surface area contributed by atoms with E-state index in [2.05, 4.69) is 5.16 Å². The zero-order chi connectivity index (χ0) is 11.4. The highest BCUT2D eigenvalue weighted by Crippen LogP contribution is 2.22. The Balaban J connectivity index is 2.12. The van der Waals surface area contributed by atoms with Crippen molar-refractivity contribution in [2.75, 3.05) is 0 Å². The number of carboxylic acids is 1. The van der Waals surface area contributed by atoms with Gasteiger partial charge in [0.1, 0.15) is 0 Å². The Hall–Kier alpha value is -2.10. The number of carboxylic acid groups (broad SMARTS) is 1. The molecule has 1 aliphatic heterocycles. The number of fused-ring (bicyclic) bond motifs is 1. The van der Waals surface area contributed by atoms with E-state index in [-0.39, 0.29) is 6.42 Å². The van der Waals surface area contributed by atoms with Gasteiger partial charge in [-0.1, -0.05) is 23.4 Å². The molecule has 0 atom stereocenters. The van der Waals surface area contributed by atoms with Crippen molar-refractivity contribution in [1.82, 2.24) is 0 Å². The summed E-state index contributed by atoms with van der Waals surface area (Å²) in [7, 11) is 0. The van der Waals surface area contributed by atoms with Gasteiger partial charge < -0.3 is 9.94 Å². The van der Waals surface area contributed by atoms with E-state index in [9.17, 15) is 4.79 Å². The average molecular weight is 217 g/mol. The molecule has 16 heavy (non-hydrogen) atoms. The fourth-order valence-corrected chi connectivity index (χ4v) is 1.39. The first-order chi connectivity index (χ1) is 7.75. The Morgan fingerprint density at radius 3 is 2.94 bits per heavy atom. The van der Waals surface area contributed by atoms with Gasteiger partial charge in [0.2, 0.25) is 0 Å². The normalized spacial score (nSPS) is 13.4. The molecule has 1 heterocycles. The number of benzene rings is 1. The molecule has 0 unspecified atom stereocenters. The minimum atomic E-state index is -0.835. The minimum Gasteiger partial charge on any atom is -0.481 e. The van der Waals surface area contributed by atoms with E-state index in [4.69, 9.17) is 9.94 Å². The predicted molar refractivity (Wildman–Crippen MR) is 60.4 cm³/mol. The van der Waals surface area contributed by atoms with Crippen LogP contribution in [0.5, 0.6) is 5.75 Å². The summed E-state index contributed by atoms with van der Waals surface area (Å²) in [6, 6.07) is 7.52. The molecular weight excluding hydrogens is 206 g/mol. The molecule has 0 saturated heterocycles. The van der Waals surface area contributed by atoms with Crippen LogP contribution in [0.1, 0.15) is 18.4 Å². The van der Waals surface area contributed by atoms with Gasteiger partial charge in [-0.25, -0.2) is 0 Å². The van der Waals surface area contributed by atoms with Gasteiger partial charge in [-0.3, -0.25) is 4.79 Å². The van der Waals surface area contributed by atoms with Crippen molar-refractivity contribution < 1.29 is 14.7 Å². The van der Waals surface area contributed by atoms with Crippen molar-refractivity contribution in [2.45, 2.75) is 12.8 Å². The summed E-state index contributed by atoms with van der Waals surface area (Å²) < 4.78 is 0. The minimum absolute atomic E-state index is 0.0584. The number of aliphatic carboxylic acids is 1. The molecule has 1 aromatic rings. The Morgan fingerprint density at radius 1 is 1.31 bits per heavy atom. The molecule has 1 aliphatic rings. The van der Waals surface area contributed by atoms with Gasteiger partial charge >= 0.3 is 5.97 Å². The summed E-state index contributed by atoms with van der Waals surface area (Å²) in [5.41, 5.74) is 1.58. The molecule has 0 amide bonds. The molecule has 0 fully saturated rings. The molecule has 1 N–H and O–H groups in total. The number of carbonyl (C=O) groups is 1. The number of allylic oxidation sites excluding steroid dienone is 1. The van der Waals surface area contributed by atoms with E-state index in [0.29, 0.717) is 17.9 Å². The first-order valence-electron chi connectivity index (χ1n) is 4.98. The molecule has 4 heteroatoms. The Morgan fingerprint density at radius 2 is 2.12 bits per heavy atom. The van der Waals surface area contributed by atoms with Crippen molar-refractivity contribution in [3.05, 3.63) is 35.9 Å². The van der Waals surface area contributed by atoms with Crippen LogP contribution in [-0.2, 0) is 4.79 Å². The number of nitrogens with zero attached hydrogens (tertiary/aromatic N) is 1. The molecule has 4 nitrogen and oxygen atoms in total. The van der Waals surface area contributed by atoms with E-state index in [1.165, 1.54) is 0 Å². The van der Waals surface area contributed by atoms with Crippen LogP contribution in [0.3, 0.4) is 0 Å². The van der Waals surface area contributed by atoms with Crippen LogP contribution in [-0.4, -0.2) is 16.8 Å². The van der Waals surface area contributed by atoms with Gasteiger partial charge in [0.15, 0.2) is 5.75 Å². The fraction of sp³-hybridized carbons (Fsp3) is 0.167. The van der Waals surface area contributed by atoms with Crippen molar-refractivity contribution in [3.63, 3.8) is 0 Å². The lowest BCUT2D eigenvalue weighted by Crippen LogP contribution is -2.01. The summed E-state index contributed by atoms with van der Waals surface area (Å²) >= 11 is 0. The Bertz CT molecular complexity index is 463. The molecule has 0 spiro atoms. The Labute approximate surface area is 92.8 Å². The maximum absolute atomic E-state index is 10.4. The number of rotatable bonds is 3. The van der Waals surface area contributed by atoms with Gasteiger partial charge in [0, 0.05) is 12.0 Å². The van der Waals surface area contributed by atoms with Crippen molar-refractivity contribution in [1.29, 1.82) is 0 Å². The summed E-state index contributed by atoms with van der Waals surface area (Å²) in [5.74, 6) is -0.151. The SMILES string of the molecule is O=C(O)CCC1=NOc2ccccc2C=C1. The van der Waals surface area contributed by atoms with Gasteiger partial charge in [-0.2, -0.15) is 0 Å². The van der Waals surface area contributed by atoms with E-state index < -0.39 is 5.97 Å².